The molecule has 0 spiro atoms. The van der Waals surface area contributed by atoms with Gasteiger partial charge >= 0.3 is 0 Å². The Morgan fingerprint density at radius 3 is 2.43 bits per heavy atom. The lowest BCUT2D eigenvalue weighted by molar-refractivity contribution is -0.134. The predicted molar refractivity (Wildman–Crippen MR) is 110 cm³/mol. The minimum absolute atomic E-state index is 0.172. The van der Waals surface area contributed by atoms with Crippen LogP contribution in [0.2, 0.25) is 0 Å². The molecule has 1 aliphatic heterocycles. The molecule has 5 nitrogen and oxygen atoms in total. The fourth-order valence-corrected chi connectivity index (χ4v) is 3.96. The van der Waals surface area contributed by atoms with Crippen LogP contribution >= 0.6 is 0 Å². The number of carbonyl (C=O) groups is 1. The number of imidazole rings is 1. The third kappa shape index (κ3) is 3.88. The van der Waals surface area contributed by atoms with E-state index in [2.05, 4.69) is 0 Å². The first-order valence-corrected chi connectivity index (χ1v) is 10.2. The molecule has 2 heterocycles. The molecule has 28 heavy (non-hydrogen) atoms. The van der Waals surface area contributed by atoms with E-state index in [1.165, 1.54) is 12.8 Å². The van der Waals surface area contributed by atoms with Gasteiger partial charge in [0.05, 0.1) is 11.0 Å². The number of aromatic nitrogens is 2. The van der Waals surface area contributed by atoms with Gasteiger partial charge in [-0.25, -0.2) is 4.98 Å². The first-order valence-electron chi connectivity index (χ1n) is 10.2. The molecule has 4 rings (SSSR count). The highest BCUT2D eigenvalue weighted by molar-refractivity contribution is 5.84. The maximum atomic E-state index is 13.3. The summed E-state index contributed by atoms with van der Waals surface area (Å²) in [5.41, 5.74) is 1.87. The molecule has 0 N–H and O–H groups in total. The van der Waals surface area contributed by atoms with Crippen LogP contribution in [0.3, 0.4) is 0 Å². The highest BCUT2D eigenvalue weighted by Crippen LogP contribution is 2.25. The van der Waals surface area contributed by atoms with Gasteiger partial charge in [0.1, 0.15) is 24.2 Å². The SMILES string of the molecule is CC(C(=O)N1CCCCCC1)n1c(COc2ccccc2)nc2ccccc21. The van der Waals surface area contributed by atoms with Crippen LogP contribution in [0.25, 0.3) is 11.0 Å². The summed E-state index contributed by atoms with van der Waals surface area (Å²) in [5.74, 6) is 1.75. The molecule has 0 aliphatic carbocycles. The van der Waals surface area contributed by atoms with Crippen molar-refractivity contribution in [2.75, 3.05) is 13.1 Å². The number of para-hydroxylation sites is 3. The fraction of sp³-hybridized carbons (Fsp3) is 0.391. The summed E-state index contributed by atoms with van der Waals surface area (Å²) in [6.45, 7) is 4.01. The van der Waals surface area contributed by atoms with Crippen LogP contribution in [-0.2, 0) is 11.4 Å². The zero-order valence-electron chi connectivity index (χ0n) is 16.4. The van der Waals surface area contributed by atoms with Gasteiger partial charge < -0.3 is 14.2 Å². The third-order valence-corrected chi connectivity index (χ3v) is 5.44. The van der Waals surface area contributed by atoms with Gasteiger partial charge in [-0.3, -0.25) is 4.79 Å². The maximum absolute atomic E-state index is 13.3. The molecule has 1 fully saturated rings. The van der Waals surface area contributed by atoms with E-state index in [-0.39, 0.29) is 11.9 Å². The molecule has 3 aromatic rings. The van der Waals surface area contributed by atoms with Crippen LogP contribution in [0.15, 0.2) is 54.6 Å². The van der Waals surface area contributed by atoms with E-state index in [1.807, 2.05) is 71.0 Å². The molecule has 0 saturated carbocycles. The van der Waals surface area contributed by atoms with E-state index in [4.69, 9.17) is 9.72 Å². The Kier molecular flexibility index (Phi) is 5.60. The molecule has 1 aliphatic rings. The lowest BCUT2D eigenvalue weighted by Gasteiger charge is -2.26. The number of likely N-dealkylation sites (tertiary alicyclic amines) is 1. The van der Waals surface area contributed by atoms with Crippen LogP contribution in [0, 0.1) is 0 Å². The normalized spacial score (nSPS) is 16.0. The molecule has 0 radical (unpaired) electrons. The van der Waals surface area contributed by atoms with Gasteiger partial charge in [0, 0.05) is 13.1 Å². The quantitative estimate of drug-likeness (QED) is 0.654. The van der Waals surface area contributed by atoms with Crippen LogP contribution < -0.4 is 4.74 Å². The predicted octanol–water partition coefficient (Wildman–Crippen LogP) is 4.58. The lowest BCUT2D eigenvalue weighted by atomic mass is 10.2. The standard InChI is InChI=1S/C23H27N3O2/c1-18(23(27)25-15-9-2-3-10-16-25)26-21-14-8-7-13-20(21)24-22(26)17-28-19-11-5-4-6-12-19/h4-8,11-14,18H,2-3,9-10,15-17H2,1H3. The van der Waals surface area contributed by atoms with Gasteiger partial charge in [0.15, 0.2) is 0 Å². The Hall–Kier alpha value is -2.82. The monoisotopic (exact) mass is 377 g/mol. The van der Waals surface area contributed by atoms with Crippen molar-refractivity contribution >= 4 is 16.9 Å². The van der Waals surface area contributed by atoms with Gasteiger partial charge in [-0.1, -0.05) is 43.2 Å². The maximum Gasteiger partial charge on any atom is 0.245 e. The van der Waals surface area contributed by atoms with Crippen molar-refractivity contribution in [2.45, 2.75) is 45.3 Å². The summed E-state index contributed by atoms with van der Waals surface area (Å²) in [6.07, 6.45) is 4.60. The van der Waals surface area contributed by atoms with E-state index in [0.29, 0.717) is 6.61 Å². The fourth-order valence-electron chi connectivity index (χ4n) is 3.96. The Bertz CT molecular complexity index is 927. The smallest absolute Gasteiger partial charge is 0.245 e. The largest absolute Gasteiger partial charge is 0.486 e. The summed E-state index contributed by atoms with van der Waals surface area (Å²) >= 11 is 0. The molecule has 1 unspecified atom stereocenters. The minimum atomic E-state index is -0.306. The second-order valence-corrected chi connectivity index (χ2v) is 7.40. The van der Waals surface area contributed by atoms with Crippen LogP contribution in [0.5, 0.6) is 5.75 Å². The molecule has 1 saturated heterocycles. The Morgan fingerprint density at radius 2 is 1.68 bits per heavy atom. The number of fused-ring (bicyclic) bond motifs is 1. The Morgan fingerprint density at radius 1 is 1.00 bits per heavy atom. The number of benzene rings is 2. The van der Waals surface area contributed by atoms with Gasteiger partial charge in [0.25, 0.3) is 0 Å². The number of hydrogen-bond donors (Lipinski definition) is 0. The van der Waals surface area contributed by atoms with Crippen LogP contribution in [-0.4, -0.2) is 33.4 Å². The van der Waals surface area contributed by atoms with Gasteiger partial charge in [-0.2, -0.15) is 0 Å². The molecular weight excluding hydrogens is 350 g/mol. The number of hydrogen-bond acceptors (Lipinski definition) is 3. The molecule has 1 atom stereocenters. The van der Waals surface area contributed by atoms with Crippen molar-refractivity contribution in [3.05, 3.63) is 60.4 Å². The molecule has 5 heteroatoms. The van der Waals surface area contributed by atoms with Crippen LogP contribution in [0.4, 0.5) is 0 Å². The Labute approximate surface area is 165 Å². The first kappa shape index (κ1) is 18.5. The zero-order valence-corrected chi connectivity index (χ0v) is 16.4. The van der Waals surface area contributed by atoms with Crippen molar-refractivity contribution in [2.24, 2.45) is 0 Å². The molecule has 2 aromatic carbocycles. The average Bonchev–Trinajstić information content (AvgIpc) is 2.89. The summed E-state index contributed by atoms with van der Waals surface area (Å²) < 4.78 is 8.00. The molecular formula is C23H27N3O2. The number of nitrogens with zero attached hydrogens (tertiary/aromatic N) is 3. The number of amides is 1. The number of rotatable bonds is 5. The van der Waals surface area contributed by atoms with E-state index in [9.17, 15) is 4.79 Å². The Balaban J connectivity index is 1.63. The highest BCUT2D eigenvalue weighted by atomic mass is 16.5. The summed E-state index contributed by atoms with van der Waals surface area (Å²) in [4.78, 5) is 20.0. The summed E-state index contributed by atoms with van der Waals surface area (Å²) in [6, 6.07) is 17.4. The van der Waals surface area contributed by atoms with Crippen molar-refractivity contribution in [1.29, 1.82) is 0 Å². The van der Waals surface area contributed by atoms with Gasteiger partial charge in [-0.15, -0.1) is 0 Å². The third-order valence-electron chi connectivity index (χ3n) is 5.44. The van der Waals surface area contributed by atoms with Crippen LogP contribution in [0.1, 0.15) is 44.5 Å². The zero-order chi connectivity index (χ0) is 19.3. The number of carbonyl (C=O) groups excluding carboxylic acids is 1. The van der Waals surface area contributed by atoms with Crippen molar-refractivity contribution in [3.8, 4) is 5.75 Å². The first-order chi connectivity index (χ1) is 13.7. The second kappa shape index (κ2) is 8.46. The second-order valence-electron chi connectivity index (χ2n) is 7.40. The van der Waals surface area contributed by atoms with E-state index in [0.717, 1.165) is 48.5 Å². The van der Waals surface area contributed by atoms with Crippen molar-refractivity contribution in [1.82, 2.24) is 14.5 Å². The molecule has 146 valence electrons. The van der Waals surface area contributed by atoms with E-state index >= 15 is 0 Å². The summed E-state index contributed by atoms with van der Waals surface area (Å²) in [7, 11) is 0. The molecule has 0 bridgehead atoms. The van der Waals surface area contributed by atoms with E-state index < -0.39 is 0 Å². The summed E-state index contributed by atoms with van der Waals surface area (Å²) in [5, 5.41) is 0. The van der Waals surface area contributed by atoms with Crippen molar-refractivity contribution < 1.29 is 9.53 Å². The lowest BCUT2D eigenvalue weighted by Crippen LogP contribution is -2.37. The van der Waals surface area contributed by atoms with Gasteiger partial charge in [-0.05, 0) is 44.0 Å². The molecule has 1 amide bonds. The van der Waals surface area contributed by atoms with Crippen molar-refractivity contribution in [3.63, 3.8) is 0 Å². The van der Waals surface area contributed by atoms with E-state index in [1.54, 1.807) is 0 Å². The molecule has 1 aromatic heterocycles. The topological polar surface area (TPSA) is 47.4 Å². The highest BCUT2D eigenvalue weighted by Gasteiger charge is 2.26. The number of ether oxygens (including phenoxy) is 1. The van der Waals surface area contributed by atoms with Gasteiger partial charge in [0.2, 0.25) is 5.91 Å². The minimum Gasteiger partial charge on any atom is -0.486 e. The average molecular weight is 377 g/mol.